The third kappa shape index (κ3) is 3.93. The van der Waals surface area contributed by atoms with E-state index < -0.39 is 0 Å². The van der Waals surface area contributed by atoms with E-state index in [2.05, 4.69) is 32.9 Å². The van der Waals surface area contributed by atoms with Gasteiger partial charge in [0.25, 0.3) is 0 Å². The van der Waals surface area contributed by atoms with E-state index in [0.717, 1.165) is 23.5 Å². The fourth-order valence-electron chi connectivity index (χ4n) is 2.06. The lowest BCUT2D eigenvalue weighted by molar-refractivity contribution is 0.474. The first-order valence-electron chi connectivity index (χ1n) is 7.09. The van der Waals surface area contributed by atoms with Crippen LogP contribution < -0.4 is 4.74 Å². The van der Waals surface area contributed by atoms with Crippen molar-refractivity contribution >= 4 is 23.2 Å². The maximum atomic E-state index is 5.97. The Hall–Kier alpha value is -1.18. The van der Waals surface area contributed by atoms with Crippen molar-refractivity contribution in [3.63, 3.8) is 0 Å². The van der Waals surface area contributed by atoms with E-state index in [1.807, 2.05) is 30.3 Å². The lowest BCUT2D eigenvalue weighted by Crippen LogP contribution is -2.14. The van der Waals surface area contributed by atoms with Crippen LogP contribution in [0.2, 0.25) is 5.02 Å². The Kier molecular flexibility index (Phi) is 5.18. The van der Waals surface area contributed by atoms with Crippen LogP contribution in [0.25, 0.3) is 0 Å². The van der Waals surface area contributed by atoms with Gasteiger partial charge in [-0.3, -0.25) is 0 Å². The molecule has 2 aromatic carbocycles. The molecule has 21 heavy (non-hydrogen) atoms. The third-order valence-electron chi connectivity index (χ3n) is 3.91. The van der Waals surface area contributed by atoms with Crippen molar-refractivity contribution in [3.05, 3.63) is 58.6 Å². The normalized spacial score (nSPS) is 11.5. The molecule has 0 fully saturated rings. The first-order valence-corrected chi connectivity index (χ1v) is 8.00. The minimum Gasteiger partial charge on any atom is -0.457 e. The molecule has 0 saturated heterocycles. The van der Waals surface area contributed by atoms with E-state index in [9.17, 15) is 0 Å². The summed E-state index contributed by atoms with van der Waals surface area (Å²) in [5.41, 5.74) is 2.38. The van der Waals surface area contributed by atoms with Gasteiger partial charge in [0.2, 0.25) is 0 Å². The van der Waals surface area contributed by atoms with Gasteiger partial charge >= 0.3 is 0 Å². The van der Waals surface area contributed by atoms with Gasteiger partial charge in [-0.2, -0.15) is 0 Å². The Balaban J connectivity index is 2.21. The Bertz CT molecular complexity index is 603. The summed E-state index contributed by atoms with van der Waals surface area (Å²) < 4.78 is 5.91. The van der Waals surface area contributed by atoms with Crippen molar-refractivity contribution in [2.75, 3.05) is 0 Å². The molecule has 0 heterocycles. The van der Waals surface area contributed by atoms with E-state index in [-0.39, 0.29) is 5.41 Å². The van der Waals surface area contributed by atoms with Crippen LogP contribution in [0.4, 0.5) is 0 Å². The van der Waals surface area contributed by atoms with Gasteiger partial charge in [-0.15, -0.1) is 11.6 Å². The molecule has 3 heteroatoms. The molecule has 0 unspecified atom stereocenters. The minimum atomic E-state index is 0.181. The van der Waals surface area contributed by atoms with E-state index in [4.69, 9.17) is 27.9 Å². The first-order chi connectivity index (χ1) is 9.96. The lowest BCUT2D eigenvalue weighted by Gasteiger charge is -2.23. The molecular weight excluding hydrogens is 303 g/mol. The lowest BCUT2D eigenvalue weighted by atomic mass is 9.82. The maximum Gasteiger partial charge on any atom is 0.131 e. The fourth-order valence-corrected chi connectivity index (χ4v) is 2.46. The molecule has 2 aromatic rings. The number of benzene rings is 2. The monoisotopic (exact) mass is 322 g/mol. The van der Waals surface area contributed by atoms with Crippen LogP contribution in [-0.2, 0) is 11.3 Å². The van der Waals surface area contributed by atoms with Crippen molar-refractivity contribution < 1.29 is 4.74 Å². The summed E-state index contributed by atoms with van der Waals surface area (Å²) in [4.78, 5) is 0. The highest BCUT2D eigenvalue weighted by atomic mass is 35.5. The molecule has 112 valence electrons. The van der Waals surface area contributed by atoms with Crippen LogP contribution in [0.1, 0.15) is 38.3 Å². The minimum absolute atomic E-state index is 0.181. The second kappa shape index (κ2) is 6.72. The van der Waals surface area contributed by atoms with Crippen LogP contribution in [0.15, 0.2) is 42.5 Å². The van der Waals surface area contributed by atoms with Crippen molar-refractivity contribution in [2.24, 2.45) is 0 Å². The van der Waals surface area contributed by atoms with E-state index in [1.54, 1.807) is 0 Å². The molecule has 0 aliphatic rings. The number of ether oxygens (including phenoxy) is 1. The maximum absolute atomic E-state index is 5.97. The second-order valence-corrected chi connectivity index (χ2v) is 6.45. The van der Waals surface area contributed by atoms with Crippen LogP contribution >= 0.6 is 23.2 Å². The zero-order valence-electron chi connectivity index (χ0n) is 12.6. The van der Waals surface area contributed by atoms with Crippen LogP contribution in [-0.4, -0.2) is 0 Å². The average molecular weight is 323 g/mol. The van der Waals surface area contributed by atoms with Gasteiger partial charge in [0.15, 0.2) is 0 Å². The number of hydrogen-bond acceptors (Lipinski definition) is 1. The summed E-state index contributed by atoms with van der Waals surface area (Å²) in [5.74, 6) is 1.92. The predicted molar refractivity (Wildman–Crippen MR) is 90.8 cm³/mol. The molecule has 0 saturated carbocycles. The quantitative estimate of drug-likeness (QED) is 0.566. The van der Waals surface area contributed by atoms with Crippen molar-refractivity contribution in [1.29, 1.82) is 0 Å². The van der Waals surface area contributed by atoms with E-state index in [0.29, 0.717) is 10.9 Å². The molecule has 0 spiro atoms. The Morgan fingerprint density at radius 3 is 2.29 bits per heavy atom. The molecule has 0 radical (unpaired) electrons. The molecule has 1 nitrogen and oxygen atoms in total. The van der Waals surface area contributed by atoms with Crippen molar-refractivity contribution in [1.82, 2.24) is 0 Å². The average Bonchev–Trinajstić information content (AvgIpc) is 2.49. The predicted octanol–water partition coefficient (Wildman–Crippen LogP) is 6.56. The summed E-state index contributed by atoms with van der Waals surface area (Å²) in [7, 11) is 0. The molecular formula is C18H20Cl2O. The largest absolute Gasteiger partial charge is 0.457 e. The van der Waals surface area contributed by atoms with Gasteiger partial charge < -0.3 is 4.74 Å². The van der Waals surface area contributed by atoms with Gasteiger partial charge in [-0.1, -0.05) is 44.5 Å². The Labute approximate surface area is 136 Å². The fraction of sp³-hybridized carbons (Fsp3) is 0.333. The zero-order valence-corrected chi connectivity index (χ0v) is 14.1. The van der Waals surface area contributed by atoms with Gasteiger partial charge in [0, 0.05) is 10.6 Å². The van der Waals surface area contributed by atoms with Gasteiger partial charge in [0.05, 0.1) is 5.88 Å². The van der Waals surface area contributed by atoms with E-state index >= 15 is 0 Å². The molecule has 0 aliphatic heterocycles. The van der Waals surface area contributed by atoms with Crippen LogP contribution in [0.3, 0.4) is 0 Å². The van der Waals surface area contributed by atoms with Gasteiger partial charge in [-0.25, -0.2) is 0 Å². The van der Waals surface area contributed by atoms with Gasteiger partial charge in [-0.05, 0) is 47.7 Å². The van der Waals surface area contributed by atoms with Gasteiger partial charge in [0.1, 0.15) is 11.5 Å². The number of halogens is 2. The molecule has 0 aliphatic carbocycles. The molecule has 0 aromatic heterocycles. The van der Waals surface area contributed by atoms with Crippen LogP contribution in [0.5, 0.6) is 11.5 Å². The van der Waals surface area contributed by atoms with Crippen molar-refractivity contribution in [3.8, 4) is 11.5 Å². The highest BCUT2D eigenvalue weighted by Gasteiger charge is 2.17. The molecule has 2 rings (SSSR count). The smallest absolute Gasteiger partial charge is 0.131 e. The number of alkyl halides is 1. The zero-order chi connectivity index (χ0) is 15.5. The highest BCUT2D eigenvalue weighted by Crippen LogP contribution is 2.32. The number of hydrogen-bond donors (Lipinski definition) is 0. The summed E-state index contributed by atoms with van der Waals surface area (Å²) >= 11 is 11.9. The van der Waals surface area contributed by atoms with Crippen LogP contribution in [0, 0.1) is 0 Å². The summed E-state index contributed by atoms with van der Waals surface area (Å²) in [5, 5.41) is 0.665. The standard InChI is InChI=1S/C18H20Cl2O/c1-4-18(2,3)14-5-8-16(9-6-14)21-17-10-7-15(20)11-13(17)12-19/h5-11H,4,12H2,1-3H3. The number of rotatable bonds is 5. The SMILES string of the molecule is CCC(C)(C)c1ccc(Oc2ccc(Cl)cc2CCl)cc1. The summed E-state index contributed by atoms with van der Waals surface area (Å²) in [6.07, 6.45) is 1.10. The summed E-state index contributed by atoms with van der Waals surface area (Å²) in [6.45, 7) is 6.69. The first kappa shape index (κ1) is 16.2. The second-order valence-electron chi connectivity index (χ2n) is 5.75. The topological polar surface area (TPSA) is 9.23 Å². The van der Waals surface area contributed by atoms with Crippen molar-refractivity contribution in [2.45, 2.75) is 38.5 Å². The molecule has 0 N–H and O–H groups in total. The molecule has 0 amide bonds. The third-order valence-corrected chi connectivity index (χ3v) is 4.44. The molecule has 0 bridgehead atoms. The molecule has 0 atom stereocenters. The Morgan fingerprint density at radius 2 is 1.71 bits per heavy atom. The van der Waals surface area contributed by atoms with E-state index in [1.165, 1.54) is 5.56 Å². The summed E-state index contributed by atoms with van der Waals surface area (Å²) in [6, 6.07) is 13.7. The highest BCUT2D eigenvalue weighted by molar-refractivity contribution is 6.30. The Morgan fingerprint density at radius 1 is 1.05 bits per heavy atom.